The smallest absolute Gasteiger partial charge is 0.390 e. The van der Waals surface area contributed by atoms with Crippen LogP contribution in [0.3, 0.4) is 0 Å². The van der Waals surface area contributed by atoms with Gasteiger partial charge in [0.15, 0.2) is 5.78 Å². The van der Waals surface area contributed by atoms with Crippen molar-refractivity contribution in [1.82, 2.24) is 15.2 Å². The Hall–Kier alpha value is -3.57. The molecule has 6 nitrogen and oxygen atoms in total. The molecular formula is C35H40F5N3O3. The lowest BCUT2D eigenvalue weighted by Crippen LogP contribution is -2.50. The molecule has 11 heteroatoms. The number of nitrogens with zero attached hydrogens (tertiary/aromatic N) is 1. The first-order valence-electron chi connectivity index (χ1n) is 15.9. The first-order valence-corrected chi connectivity index (χ1v) is 15.9. The molecule has 248 valence electrons. The van der Waals surface area contributed by atoms with Crippen LogP contribution in [0.4, 0.5) is 22.0 Å². The van der Waals surface area contributed by atoms with Gasteiger partial charge in [-0.1, -0.05) is 38.8 Å². The second-order valence-corrected chi connectivity index (χ2v) is 12.7. The van der Waals surface area contributed by atoms with Gasteiger partial charge in [0, 0.05) is 36.8 Å². The fraction of sp³-hybridized carbons (Fsp3) is 0.486. The van der Waals surface area contributed by atoms with E-state index in [1.165, 1.54) is 6.07 Å². The van der Waals surface area contributed by atoms with Gasteiger partial charge in [-0.15, -0.1) is 0 Å². The molecule has 2 heterocycles. The summed E-state index contributed by atoms with van der Waals surface area (Å²) < 4.78 is 69.9. The van der Waals surface area contributed by atoms with Crippen molar-refractivity contribution in [1.29, 1.82) is 0 Å². The highest BCUT2D eigenvalue weighted by atomic mass is 19.4. The van der Waals surface area contributed by atoms with Gasteiger partial charge in [-0.05, 0) is 79.5 Å². The third kappa shape index (κ3) is 7.52. The third-order valence-corrected chi connectivity index (χ3v) is 9.33. The van der Waals surface area contributed by atoms with Crippen molar-refractivity contribution in [3.05, 3.63) is 94.3 Å². The maximum absolute atomic E-state index is 14.0. The van der Waals surface area contributed by atoms with Gasteiger partial charge in [0.2, 0.25) is 0 Å². The normalized spacial score (nSPS) is 18.5. The van der Waals surface area contributed by atoms with Crippen molar-refractivity contribution in [3.8, 4) is 0 Å². The van der Waals surface area contributed by atoms with Crippen molar-refractivity contribution < 1.29 is 36.6 Å². The number of aromatic nitrogens is 1. The molecule has 0 radical (unpaired) electrons. The molecule has 0 bridgehead atoms. The van der Waals surface area contributed by atoms with Crippen LogP contribution in [0, 0.1) is 23.5 Å². The van der Waals surface area contributed by atoms with Crippen molar-refractivity contribution in [3.63, 3.8) is 0 Å². The number of aliphatic hydroxyl groups is 1. The van der Waals surface area contributed by atoms with Gasteiger partial charge < -0.3 is 20.3 Å². The van der Waals surface area contributed by atoms with E-state index in [-0.39, 0.29) is 41.7 Å². The van der Waals surface area contributed by atoms with Crippen LogP contribution in [0.2, 0.25) is 0 Å². The van der Waals surface area contributed by atoms with Gasteiger partial charge in [-0.2, -0.15) is 13.2 Å². The Kier molecular flexibility index (Phi) is 10.0. The summed E-state index contributed by atoms with van der Waals surface area (Å²) in [5.41, 5.74) is -0.218. The van der Waals surface area contributed by atoms with E-state index in [9.17, 15) is 36.6 Å². The largest absolute Gasteiger partial charge is 0.416 e. The number of carbonyl (C=O) groups is 2. The van der Waals surface area contributed by atoms with Crippen LogP contribution < -0.4 is 10.6 Å². The number of carbonyl (C=O) groups excluding carboxylic acids is 2. The fourth-order valence-electron chi connectivity index (χ4n) is 6.77. The first-order chi connectivity index (χ1) is 21.8. The number of halogens is 5. The minimum Gasteiger partial charge on any atom is -0.390 e. The Labute approximate surface area is 265 Å². The maximum atomic E-state index is 14.0. The number of nitrogens with one attached hydrogen (secondary N) is 2. The lowest BCUT2D eigenvalue weighted by Gasteiger charge is -2.27. The Morgan fingerprint density at radius 3 is 2.30 bits per heavy atom. The molecule has 1 amide bonds. The van der Waals surface area contributed by atoms with E-state index in [0.717, 1.165) is 56.0 Å². The van der Waals surface area contributed by atoms with E-state index in [2.05, 4.69) is 24.5 Å². The van der Waals surface area contributed by atoms with E-state index in [0.29, 0.717) is 30.6 Å². The number of Topliss-reactive ketones (excluding diaryl/α,β-unsaturated/α-hetero) is 1. The topological polar surface area (TPSA) is 83.4 Å². The molecule has 3 aromatic rings. The number of amides is 1. The maximum Gasteiger partial charge on any atom is 0.416 e. The molecular weight excluding hydrogens is 605 g/mol. The zero-order valence-electron chi connectivity index (χ0n) is 26.0. The summed E-state index contributed by atoms with van der Waals surface area (Å²) in [4.78, 5) is 26.8. The number of benzene rings is 2. The molecule has 1 aliphatic carbocycles. The Morgan fingerprint density at radius 1 is 1.04 bits per heavy atom. The number of hydrogen-bond donors (Lipinski definition) is 3. The number of hydrogen-bond acceptors (Lipinski definition) is 4. The van der Waals surface area contributed by atoms with E-state index >= 15 is 0 Å². The molecule has 0 spiro atoms. The summed E-state index contributed by atoms with van der Waals surface area (Å²) in [6.07, 6.45) is 0.681. The molecule has 2 aromatic carbocycles. The summed E-state index contributed by atoms with van der Waals surface area (Å²) in [6, 6.07) is 8.50. The summed E-state index contributed by atoms with van der Waals surface area (Å²) in [7, 11) is 0. The number of fused-ring (bicyclic) bond motifs is 1. The van der Waals surface area contributed by atoms with Crippen molar-refractivity contribution in [2.45, 2.75) is 89.2 Å². The lowest BCUT2D eigenvalue weighted by molar-refractivity contribution is -0.137. The predicted molar refractivity (Wildman–Crippen MR) is 163 cm³/mol. The van der Waals surface area contributed by atoms with Crippen LogP contribution in [-0.4, -0.2) is 40.1 Å². The second-order valence-electron chi connectivity index (χ2n) is 12.7. The Balaban J connectivity index is 1.31. The summed E-state index contributed by atoms with van der Waals surface area (Å²) in [5.74, 6) is -2.05. The minimum absolute atomic E-state index is 0.00583. The van der Waals surface area contributed by atoms with Gasteiger partial charge in [0.25, 0.3) is 5.91 Å². The number of aliphatic hydroxyl groups excluding tert-OH is 1. The van der Waals surface area contributed by atoms with Crippen LogP contribution in [-0.2, 0) is 24.7 Å². The summed E-state index contributed by atoms with van der Waals surface area (Å²) >= 11 is 0. The van der Waals surface area contributed by atoms with E-state index < -0.39 is 47.0 Å². The average molecular weight is 646 g/mol. The van der Waals surface area contributed by atoms with Gasteiger partial charge in [0.05, 0.1) is 29.0 Å². The highest BCUT2D eigenvalue weighted by Crippen LogP contribution is 2.46. The highest BCUT2D eigenvalue weighted by Gasteiger charge is 2.45. The highest BCUT2D eigenvalue weighted by molar-refractivity contribution is 6.02. The molecule has 1 aromatic heterocycles. The molecule has 1 aliphatic heterocycles. The molecule has 3 N–H and O–H groups in total. The zero-order valence-corrected chi connectivity index (χ0v) is 26.0. The molecule has 1 fully saturated rings. The lowest BCUT2D eigenvalue weighted by atomic mass is 9.83. The third-order valence-electron chi connectivity index (χ3n) is 9.33. The van der Waals surface area contributed by atoms with Crippen LogP contribution >= 0.6 is 0 Å². The molecule has 1 saturated carbocycles. The predicted octanol–water partition coefficient (Wildman–Crippen LogP) is 6.79. The molecule has 5 rings (SSSR count). The van der Waals surface area contributed by atoms with Gasteiger partial charge in [0.1, 0.15) is 11.6 Å². The molecule has 2 aliphatic rings. The van der Waals surface area contributed by atoms with Gasteiger partial charge in [-0.3, -0.25) is 9.59 Å². The first kappa shape index (κ1) is 33.8. The SMILES string of the molecule is CCCC(CCC)C1Cn2cc(C(=O)N[C@@H](Cc3cc(F)cc(F)c3)[C@H](O)CNC3(c4cccc(C(F)(F)F)c4)CC3)cc2C1=O. The number of ketones is 1. The van der Waals surface area contributed by atoms with Crippen LogP contribution in [0.5, 0.6) is 0 Å². The number of rotatable bonds is 14. The monoisotopic (exact) mass is 645 g/mol. The van der Waals surface area contributed by atoms with Crippen molar-refractivity contribution in [2.24, 2.45) is 11.8 Å². The quantitative estimate of drug-likeness (QED) is 0.169. The standard InChI is InChI=1S/C35H40F5N3O3/c1-3-6-22(7-4-2)28-20-43-19-23(15-30(43)32(28)45)33(46)42-29(14-21-12-26(36)17-27(37)13-21)31(44)18-41-34(10-11-34)24-8-5-9-25(16-24)35(38,39)40/h5,8-9,12-13,15-17,19,22,28-29,31,41,44H,3-4,6-7,10-11,14,18,20H2,1-2H3,(H,42,46)/t28?,29-,31+/m0/s1. The van der Waals surface area contributed by atoms with Gasteiger partial charge >= 0.3 is 6.18 Å². The fourth-order valence-corrected chi connectivity index (χ4v) is 6.77. The Bertz CT molecular complexity index is 1540. The van der Waals surface area contributed by atoms with Crippen LogP contribution in [0.25, 0.3) is 0 Å². The van der Waals surface area contributed by atoms with E-state index in [1.807, 2.05) is 0 Å². The molecule has 1 unspecified atom stereocenters. The number of alkyl halides is 3. The average Bonchev–Trinajstić information content (AvgIpc) is 3.57. The summed E-state index contributed by atoms with van der Waals surface area (Å²) in [6.45, 7) is 4.57. The van der Waals surface area contributed by atoms with Crippen LogP contribution in [0.15, 0.2) is 54.7 Å². The Morgan fingerprint density at radius 2 is 1.72 bits per heavy atom. The zero-order chi connectivity index (χ0) is 33.2. The van der Waals surface area contributed by atoms with E-state index in [1.54, 1.807) is 22.9 Å². The summed E-state index contributed by atoms with van der Waals surface area (Å²) in [5, 5.41) is 17.2. The van der Waals surface area contributed by atoms with Crippen molar-refractivity contribution >= 4 is 11.7 Å². The second kappa shape index (κ2) is 13.7. The molecule has 46 heavy (non-hydrogen) atoms. The molecule has 3 atom stereocenters. The van der Waals surface area contributed by atoms with Gasteiger partial charge in [-0.25, -0.2) is 8.78 Å². The van der Waals surface area contributed by atoms with Crippen molar-refractivity contribution in [2.75, 3.05) is 6.54 Å². The minimum atomic E-state index is -4.50. The molecule has 0 saturated heterocycles. The van der Waals surface area contributed by atoms with E-state index in [4.69, 9.17) is 0 Å². The van der Waals surface area contributed by atoms with Crippen LogP contribution in [0.1, 0.15) is 89.9 Å².